The highest BCUT2D eigenvalue weighted by atomic mass is 16.2. The first-order valence-corrected chi connectivity index (χ1v) is 8.05. The fraction of sp³-hybridized carbons (Fsp3) is 0.444. The van der Waals surface area contributed by atoms with E-state index in [-0.39, 0.29) is 11.5 Å². The number of hydrogen-bond donors (Lipinski definition) is 0. The van der Waals surface area contributed by atoms with Crippen LogP contribution in [0.1, 0.15) is 31.2 Å². The molecule has 0 N–H and O–H groups in total. The van der Waals surface area contributed by atoms with Gasteiger partial charge in [0.25, 0.3) is 5.91 Å². The third kappa shape index (κ3) is 2.99. The molecule has 1 aromatic rings. The number of rotatable bonds is 2. The van der Waals surface area contributed by atoms with E-state index < -0.39 is 0 Å². The number of nitrogens with zero attached hydrogens (tertiary/aromatic N) is 3. The van der Waals surface area contributed by atoms with E-state index in [0.717, 1.165) is 51.0 Å². The first kappa shape index (κ1) is 14.6. The van der Waals surface area contributed by atoms with Crippen LogP contribution < -0.4 is 4.90 Å². The zero-order valence-corrected chi connectivity index (χ0v) is 12.8. The van der Waals surface area contributed by atoms with Crippen molar-refractivity contribution < 1.29 is 4.79 Å². The SMILES string of the molecule is N#C/C(=C/N1CCCc2ccccc21)C(=O)N1CCCCC1. The molecular weight excluding hydrogens is 274 g/mol. The fourth-order valence-electron chi connectivity index (χ4n) is 3.25. The Balaban J connectivity index is 1.83. The number of piperidine rings is 1. The van der Waals surface area contributed by atoms with Crippen molar-refractivity contribution in [3.05, 3.63) is 41.6 Å². The number of fused-ring (bicyclic) bond motifs is 1. The second-order valence-electron chi connectivity index (χ2n) is 5.93. The molecule has 3 rings (SSSR count). The van der Waals surface area contributed by atoms with Gasteiger partial charge in [0.05, 0.1) is 0 Å². The predicted molar refractivity (Wildman–Crippen MR) is 86.2 cm³/mol. The third-order valence-electron chi connectivity index (χ3n) is 4.43. The molecule has 1 amide bonds. The van der Waals surface area contributed by atoms with Gasteiger partial charge in [-0.1, -0.05) is 18.2 Å². The monoisotopic (exact) mass is 295 g/mol. The second-order valence-corrected chi connectivity index (χ2v) is 5.93. The smallest absolute Gasteiger partial charge is 0.266 e. The van der Waals surface area contributed by atoms with Gasteiger partial charge in [-0.05, 0) is 43.7 Å². The minimum Gasteiger partial charge on any atom is -0.346 e. The van der Waals surface area contributed by atoms with Crippen molar-refractivity contribution in [2.75, 3.05) is 24.5 Å². The average Bonchev–Trinajstić information content (AvgIpc) is 2.60. The molecule has 114 valence electrons. The average molecular weight is 295 g/mol. The number of para-hydroxylation sites is 1. The van der Waals surface area contributed by atoms with E-state index in [1.54, 1.807) is 6.20 Å². The van der Waals surface area contributed by atoms with E-state index in [4.69, 9.17) is 0 Å². The second kappa shape index (κ2) is 6.65. The van der Waals surface area contributed by atoms with Gasteiger partial charge in [-0.2, -0.15) is 5.26 Å². The van der Waals surface area contributed by atoms with Crippen LogP contribution in [0.2, 0.25) is 0 Å². The van der Waals surface area contributed by atoms with Crippen molar-refractivity contribution in [3.8, 4) is 6.07 Å². The summed E-state index contributed by atoms with van der Waals surface area (Å²) in [5.41, 5.74) is 2.65. The van der Waals surface area contributed by atoms with Gasteiger partial charge >= 0.3 is 0 Å². The van der Waals surface area contributed by atoms with Crippen LogP contribution in [-0.2, 0) is 11.2 Å². The summed E-state index contributed by atoms with van der Waals surface area (Å²) in [6.45, 7) is 2.40. The Morgan fingerprint density at radius 3 is 2.64 bits per heavy atom. The number of carbonyl (C=O) groups excluding carboxylic acids is 1. The van der Waals surface area contributed by atoms with Crippen LogP contribution in [0.5, 0.6) is 0 Å². The Labute approximate surface area is 131 Å². The molecule has 1 fully saturated rings. The van der Waals surface area contributed by atoms with Crippen molar-refractivity contribution in [3.63, 3.8) is 0 Å². The number of aryl methyl sites for hydroxylation is 1. The molecule has 2 heterocycles. The van der Waals surface area contributed by atoms with Crippen LogP contribution in [0.3, 0.4) is 0 Å². The van der Waals surface area contributed by atoms with Crippen molar-refractivity contribution >= 4 is 11.6 Å². The Hall–Kier alpha value is -2.28. The number of likely N-dealkylation sites (tertiary alicyclic amines) is 1. The third-order valence-corrected chi connectivity index (χ3v) is 4.43. The van der Waals surface area contributed by atoms with Gasteiger partial charge in [0.1, 0.15) is 11.6 Å². The topological polar surface area (TPSA) is 47.3 Å². The summed E-state index contributed by atoms with van der Waals surface area (Å²) in [7, 11) is 0. The van der Waals surface area contributed by atoms with Gasteiger partial charge < -0.3 is 9.80 Å². The first-order valence-electron chi connectivity index (χ1n) is 8.05. The zero-order chi connectivity index (χ0) is 15.4. The summed E-state index contributed by atoms with van der Waals surface area (Å²) in [6.07, 6.45) is 7.10. The van der Waals surface area contributed by atoms with Gasteiger partial charge in [-0.15, -0.1) is 0 Å². The maximum atomic E-state index is 12.5. The summed E-state index contributed by atoms with van der Waals surface area (Å²) in [5.74, 6) is -0.120. The minimum atomic E-state index is -0.120. The van der Waals surface area contributed by atoms with Crippen molar-refractivity contribution in [2.24, 2.45) is 0 Å². The Kier molecular flexibility index (Phi) is 4.43. The number of carbonyl (C=O) groups is 1. The quantitative estimate of drug-likeness (QED) is 0.622. The normalized spacial score (nSPS) is 18.6. The Morgan fingerprint density at radius 1 is 1.09 bits per heavy atom. The maximum Gasteiger partial charge on any atom is 0.266 e. The lowest BCUT2D eigenvalue weighted by molar-refractivity contribution is -0.127. The molecule has 1 aromatic carbocycles. The molecule has 0 atom stereocenters. The van der Waals surface area contributed by atoms with E-state index in [1.165, 1.54) is 12.0 Å². The molecule has 0 aliphatic carbocycles. The molecule has 2 aliphatic heterocycles. The number of anilines is 1. The Bertz CT molecular complexity index is 623. The Morgan fingerprint density at radius 2 is 1.86 bits per heavy atom. The molecule has 0 bridgehead atoms. The molecule has 0 radical (unpaired) electrons. The van der Waals surface area contributed by atoms with Crippen molar-refractivity contribution in [1.82, 2.24) is 4.90 Å². The van der Waals surface area contributed by atoms with Gasteiger partial charge in [0.2, 0.25) is 0 Å². The molecule has 4 heteroatoms. The lowest BCUT2D eigenvalue weighted by atomic mass is 10.0. The lowest BCUT2D eigenvalue weighted by Gasteiger charge is -2.30. The summed E-state index contributed by atoms with van der Waals surface area (Å²) in [5, 5.41) is 9.41. The van der Waals surface area contributed by atoms with Crippen LogP contribution in [0.15, 0.2) is 36.0 Å². The number of hydrogen-bond acceptors (Lipinski definition) is 3. The number of benzene rings is 1. The van der Waals surface area contributed by atoms with Crippen molar-refractivity contribution in [1.29, 1.82) is 5.26 Å². The van der Waals surface area contributed by atoms with Gasteiger partial charge in [-0.3, -0.25) is 4.79 Å². The molecule has 0 spiro atoms. The minimum absolute atomic E-state index is 0.120. The van der Waals surface area contributed by atoms with E-state index >= 15 is 0 Å². The highest BCUT2D eigenvalue weighted by Crippen LogP contribution is 2.27. The zero-order valence-electron chi connectivity index (χ0n) is 12.8. The van der Waals surface area contributed by atoms with Crippen LogP contribution in [0.4, 0.5) is 5.69 Å². The van der Waals surface area contributed by atoms with Gasteiger partial charge in [-0.25, -0.2) is 0 Å². The summed E-state index contributed by atoms with van der Waals surface area (Å²) < 4.78 is 0. The van der Waals surface area contributed by atoms with E-state index in [2.05, 4.69) is 23.1 Å². The summed E-state index contributed by atoms with van der Waals surface area (Å²) in [6, 6.07) is 10.3. The first-order chi connectivity index (χ1) is 10.8. The lowest BCUT2D eigenvalue weighted by Crippen LogP contribution is -2.37. The van der Waals surface area contributed by atoms with E-state index in [1.807, 2.05) is 17.0 Å². The van der Waals surface area contributed by atoms with Crippen LogP contribution >= 0.6 is 0 Å². The molecule has 0 aromatic heterocycles. The molecule has 22 heavy (non-hydrogen) atoms. The highest BCUT2D eigenvalue weighted by molar-refractivity contribution is 5.97. The van der Waals surface area contributed by atoms with Crippen molar-refractivity contribution in [2.45, 2.75) is 32.1 Å². The molecule has 0 saturated carbocycles. The largest absolute Gasteiger partial charge is 0.346 e. The standard InChI is InChI=1S/C18H21N3O/c19-13-16(18(22)20-10-4-1-5-11-20)14-21-12-6-8-15-7-2-3-9-17(15)21/h2-3,7,9,14H,1,4-6,8,10-12H2/b16-14-. The molecule has 2 aliphatic rings. The molecule has 1 saturated heterocycles. The van der Waals surface area contributed by atoms with Crippen LogP contribution in [0, 0.1) is 11.3 Å². The molecule has 4 nitrogen and oxygen atoms in total. The van der Waals surface area contributed by atoms with Crippen LogP contribution in [0.25, 0.3) is 0 Å². The maximum absolute atomic E-state index is 12.5. The highest BCUT2D eigenvalue weighted by Gasteiger charge is 2.22. The predicted octanol–water partition coefficient (Wildman–Crippen LogP) is 2.86. The van der Waals surface area contributed by atoms with Gasteiger partial charge in [0.15, 0.2) is 0 Å². The number of nitriles is 1. The summed E-state index contributed by atoms with van der Waals surface area (Å²) >= 11 is 0. The molecule has 0 unspecified atom stereocenters. The van der Waals surface area contributed by atoms with Crippen LogP contribution in [-0.4, -0.2) is 30.4 Å². The van der Waals surface area contributed by atoms with E-state index in [0.29, 0.717) is 0 Å². The van der Waals surface area contributed by atoms with Gasteiger partial charge in [0, 0.05) is 31.5 Å². The summed E-state index contributed by atoms with van der Waals surface area (Å²) in [4.78, 5) is 16.4. The van der Waals surface area contributed by atoms with E-state index in [9.17, 15) is 10.1 Å². The fourth-order valence-corrected chi connectivity index (χ4v) is 3.25. The molecular formula is C18H21N3O. The number of amides is 1.